The van der Waals surface area contributed by atoms with Crippen LogP contribution in [0.2, 0.25) is 0 Å². The Kier molecular flexibility index (Phi) is 33.1. The fourth-order valence-corrected chi connectivity index (χ4v) is 20.4. The minimum atomic E-state index is -0.873. The van der Waals surface area contributed by atoms with Crippen LogP contribution in [0.4, 0.5) is 0 Å². The van der Waals surface area contributed by atoms with E-state index in [1.165, 1.54) is 0 Å². The molecule has 0 aromatic heterocycles. The summed E-state index contributed by atoms with van der Waals surface area (Å²) < 4.78 is 41.9. The molecule has 0 saturated carbocycles. The zero-order valence-electron chi connectivity index (χ0n) is 81.2. The predicted octanol–water partition coefficient (Wildman–Crippen LogP) is 19.1. The Labute approximate surface area is 749 Å². The minimum Gasteiger partial charge on any atom is -0.483 e. The maximum absolute atomic E-state index is 13.9. The molecule has 12 bridgehead atoms. The first-order chi connectivity index (χ1) is 57.7. The Hall–Kier alpha value is -9.30. The summed E-state index contributed by atoms with van der Waals surface area (Å²) in [6, 6.07) is 24.8. The third-order valence-corrected chi connectivity index (χ3v) is 23.1. The van der Waals surface area contributed by atoms with Crippen molar-refractivity contribution in [1.29, 1.82) is 0 Å². The third kappa shape index (κ3) is 29.4. The highest BCUT2D eigenvalue weighted by atomic mass is 16.5. The highest BCUT2D eigenvalue weighted by molar-refractivity contribution is 5.79. The molecule has 126 heavy (non-hydrogen) atoms. The zero-order valence-corrected chi connectivity index (χ0v) is 81.2. The Morgan fingerprint density at radius 3 is 0.381 bits per heavy atom. The van der Waals surface area contributed by atoms with Gasteiger partial charge in [-0.2, -0.15) is 0 Å². The smallest absolute Gasteiger partial charge is 0.281 e. The molecule has 6 amide bonds. The fraction of sp³-hybridized carbons (Fsp3) is 0.588. The second-order valence-electron chi connectivity index (χ2n) is 46.5. The van der Waals surface area contributed by atoms with Crippen molar-refractivity contribution in [2.75, 3.05) is 39.6 Å². The molecule has 696 valence electrons. The molecule has 0 fully saturated rings. The van der Waals surface area contributed by atoms with Crippen LogP contribution in [0, 0.1) is 32.5 Å². The van der Waals surface area contributed by atoms with E-state index in [2.05, 4.69) is 281 Å². The van der Waals surface area contributed by atoms with Crippen LogP contribution >= 0.6 is 0 Å². The number of benzene rings is 6. The molecule has 0 heterocycles. The highest BCUT2D eigenvalue weighted by Crippen LogP contribution is 2.51. The summed E-state index contributed by atoms with van der Waals surface area (Å²) in [4.78, 5) is 83.4. The van der Waals surface area contributed by atoms with Crippen LogP contribution in [-0.4, -0.2) is 106 Å². The molecule has 0 radical (unpaired) electrons. The molecule has 0 aliphatic heterocycles. The second kappa shape index (κ2) is 40.2. The van der Waals surface area contributed by atoms with Crippen molar-refractivity contribution in [2.45, 2.75) is 317 Å². The molecule has 1 aliphatic carbocycles. The van der Waals surface area contributed by atoms with E-state index in [-0.39, 0.29) is 106 Å². The predicted molar refractivity (Wildman–Crippen MR) is 491 cm³/mol. The average Bonchev–Trinajstić information content (AvgIpc) is 0.756. The number of hydroxylamine groups is 6. The molecule has 1 aliphatic rings. The van der Waals surface area contributed by atoms with E-state index in [4.69, 9.17) is 28.4 Å². The van der Waals surface area contributed by atoms with Gasteiger partial charge in [0.15, 0.2) is 39.6 Å². The lowest BCUT2D eigenvalue weighted by Gasteiger charge is -2.35. The molecule has 0 unspecified atom stereocenters. The standard InChI is InChI=1S/C102H150N6O18/c1-91(2,3)55-97(19,20)73-37-61-31-63-39-74(98(21,22)56-92(4,5)6)41-65(86(63)122-50-80(110)104-116)33-67-43-76(100(25,26)58-94(10,11)12)45-69(88(67)124-52-82(112)106-118)35-71-47-78(102(29,30)60-96(16,17)18)48-72(90(71)126-54-84(114)108-120)36-70-46-77(101(27,28)59-95(13,14)15)44-68(89(70)125-53-83(113)107-119)34-66-42-75(99(23,24)57-93(7,8)9)40-64(87(66)123-51-81(111)105-117)32-62(38-73)85(61)121-49-79(109)103-115/h37-48,115-120H,31-36,49-60H2,1-30H3,(H,103,109)(H,104,110)(H,105,111)(H,106,112)(H,107,113)(H,108,114). The number of hydrogen-bond acceptors (Lipinski definition) is 18. The van der Waals surface area contributed by atoms with E-state index in [9.17, 15) is 60.0 Å². The topological polar surface area (TPSA) is 351 Å². The van der Waals surface area contributed by atoms with E-state index in [1.807, 2.05) is 0 Å². The van der Waals surface area contributed by atoms with Crippen LogP contribution < -0.4 is 61.3 Å². The van der Waals surface area contributed by atoms with Gasteiger partial charge in [0.2, 0.25) is 0 Å². The van der Waals surface area contributed by atoms with Crippen molar-refractivity contribution in [2.24, 2.45) is 32.5 Å². The number of fused-ring (bicyclic) bond motifs is 12. The Bertz CT molecular complexity index is 3980. The first-order valence-corrected chi connectivity index (χ1v) is 44.1. The lowest BCUT2D eigenvalue weighted by molar-refractivity contribution is -0.131. The maximum atomic E-state index is 13.9. The SMILES string of the molecule is CC(C)(C)CC(C)(C)c1cc2c(OCC(=O)NO)c(c1)Cc1cc(C(C)(C)CC(C)(C)C)cc(c1OCC(=O)NO)Cc1cc(C(C)(C)CC(C)(C)C)cc(c1OCC(=O)NO)Cc1cc(C(C)(C)CC(C)(C)C)cc(c1OCC(=O)NO)Cc1cc(C(C)(C)CC(C)(C)C)cc(c1OCC(=O)NO)Cc1cc(C(C)(C)CC(C)(C)C)cc(c1OCC(=O)NO)C2. The summed E-state index contributed by atoms with van der Waals surface area (Å²) in [6.45, 7) is 61.0. The highest BCUT2D eigenvalue weighted by Gasteiger charge is 2.40. The quantitative estimate of drug-likeness (QED) is 0.0147. The van der Waals surface area contributed by atoms with Crippen LogP contribution in [0.3, 0.4) is 0 Å². The average molecular weight is 1750 g/mol. The van der Waals surface area contributed by atoms with E-state index in [1.54, 1.807) is 32.9 Å². The molecule has 0 saturated heterocycles. The van der Waals surface area contributed by atoms with Gasteiger partial charge in [0.05, 0.1) is 0 Å². The van der Waals surface area contributed by atoms with Gasteiger partial charge < -0.3 is 28.4 Å². The summed E-state index contributed by atoms with van der Waals surface area (Å²) in [5.74, 6) is -3.88. The van der Waals surface area contributed by atoms with Crippen molar-refractivity contribution in [3.63, 3.8) is 0 Å². The van der Waals surface area contributed by atoms with Gasteiger partial charge in [0, 0.05) is 38.5 Å². The van der Waals surface area contributed by atoms with Gasteiger partial charge in [0.1, 0.15) is 34.5 Å². The lowest BCUT2D eigenvalue weighted by Crippen LogP contribution is -2.28. The van der Waals surface area contributed by atoms with E-state index < -0.39 is 108 Å². The number of carbonyl (C=O) groups excluding carboxylic acids is 6. The number of rotatable bonds is 30. The zero-order chi connectivity index (χ0) is 95.0. The second-order valence-corrected chi connectivity index (χ2v) is 46.5. The molecule has 12 N–H and O–H groups in total. The van der Waals surface area contributed by atoms with Gasteiger partial charge in [-0.1, -0.05) is 281 Å². The van der Waals surface area contributed by atoms with Gasteiger partial charge in [-0.25, -0.2) is 32.9 Å². The van der Waals surface area contributed by atoms with E-state index in [0.717, 1.165) is 33.4 Å². The van der Waals surface area contributed by atoms with Crippen LogP contribution in [0.5, 0.6) is 34.5 Å². The third-order valence-electron chi connectivity index (χ3n) is 23.1. The van der Waals surface area contributed by atoms with Crippen molar-refractivity contribution in [3.8, 4) is 34.5 Å². The fourth-order valence-electron chi connectivity index (χ4n) is 20.4. The van der Waals surface area contributed by atoms with Crippen LogP contribution in [0.15, 0.2) is 72.8 Å². The van der Waals surface area contributed by atoms with Crippen molar-refractivity contribution in [1.82, 2.24) is 32.9 Å². The minimum absolute atomic E-state index is 0.0402. The molecule has 24 heteroatoms. The summed E-state index contributed by atoms with van der Waals surface area (Å²) in [5.41, 5.74) is 16.8. The van der Waals surface area contributed by atoms with Gasteiger partial charge in [0.25, 0.3) is 35.4 Å². The van der Waals surface area contributed by atoms with E-state index >= 15 is 0 Å². The van der Waals surface area contributed by atoms with Gasteiger partial charge in [-0.3, -0.25) is 60.0 Å². The number of nitrogens with one attached hydrogen (secondary N) is 6. The number of amides is 6. The normalized spacial score (nSPS) is 13.6. The lowest BCUT2D eigenvalue weighted by atomic mass is 9.70. The molecule has 7 rings (SSSR count). The van der Waals surface area contributed by atoms with Crippen LogP contribution in [0.25, 0.3) is 0 Å². The number of carbonyl (C=O) groups is 6. The first kappa shape index (κ1) is 104. The molecular weight excluding hydrogens is 1600 g/mol. The Morgan fingerprint density at radius 2 is 0.302 bits per heavy atom. The summed E-state index contributed by atoms with van der Waals surface area (Å²) >= 11 is 0. The largest absolute Gasteiger partial charge is 0.483 e. The maximum Gasteiger partial charge on any atom is 0.281 e. The first-order valence-electron chi connectivity index (χ1n) is 44.1. The number of hydrogen-bond donors (Lipinski definition) is 12. The van der Waals surface area contributed by atoms with Crippen molar-refractivity contribution >= 4 is 35.4 Å². The van der Waals surface area contributed by atoms with Gasteiger partial charge in [-0.05, 0) is 204 Å². The summed E-state index contributed by atoms with van der Waals surface area (Å²) in [6.07, 6.45) is 3.65. The summed E-state index contributed by atoms with van der Waals surface area (Å²) in [7, 11) is 0. The van der Waals surface area contributed by atoms with Gasteiger partial charge >= 0.3 is 0 Å². The van der Waals surface area contributed by atoms with E-state index in [0.29, 0.717) is 105 Å². The molecule has 0 spiro atoms. The van der Waals surface area contributed by atoms with Gasteiger partial charge in [-0.15, -0.1) is 0 Å². The molecule has 6 aromatic carbocycles. The molecule has 0 atom stereocenters. The molecular formula is C102H150N6O18. The number of ether oxygens (including phenoxy) is 6. The van der Waals surface area contributed by atoms with Crippen LogP contribution in [-0.2, 0) is 99.8 Å². The van der Waals surface area contributed by atoms with Crippen molar-refractivity contribution in [3.05, 3.63) is 173 Å². The molecule has 6 aromatic rings. The van der Waals surface area contributed by atoms with Crippen LogP contribution in [0.1, 0.15) is 346 Å². The summed E-state index contributed by atoms with van der Waals surface area (Å²) in [5, 5.41) is 62.5. The molecule has 24 nitrogen and oxygen atoms in total. The van der Waals surface area contributed by atoms with Crippen molar-refractivity contribution < 1.29 is 88.4 Å². The Balaban J connectivity index is 1.97. The Morgan fingerprint density at radius 1 is 0.206 bits per heavy atom. The monoisotopic (exact) mass is 1750 g/mol.